The van der Waals surface area contributed by atoms with E-state index in [0.717, 1.165) is 39.5 Å². The number of nitrogens with one attached hydrogen (secondary N) is 1. The number of fused-ring (bicyclic) bond motifs is 9. The maximum atomic E-state index is 14.1. The predicted octanol–water partition coefficient (Wildman–Crippen LogP) is 6.93. The number of nitro groups is 1. The van der Waals surface area contributed by atoms with Crippen LogP contribution >= 0.6 is 23.1 Å². The van der Waals surface area contributed by atoms with E-state index >= 15 is 0 Å². The van der Waals surface area contributed by atoms with E-state index < -0.39 is 46.2 Å². The second-order valence-corrected chi connectivity index (χ2v) is 15.0. The Bertz CT molecular complexity index is 2060. The molecule has 8 rings (SSSR count). The van der Waals surface area contributed by atoms with Gasteiger partial charge in [0.2, 0.25) is 11.8 Å². The maximum Gasteiger partial charge on any atom is 0.416 e. The molecule has 3 aromatic carbocycles. The number of halogens is 3. The van der Waals surface area contributed by atoms with Crippen molar-refractivity contribution in [3.8, 4) is 5.75 Å². The predicted molar refractivity (Wildman–Crippen MR) is 171 cm³/mol. The molecule has 1 saturated heterocycles. The van der Waals surface area contributed by atoms with E-state index in [1.807, 2.05) is 31.2 Å². The second-order valence-electron chi connectivity index (χ2n) is 12.8. The van der Waals surface area contributed by atoms with Gasteiger partial charge in [-0.2, -0.15) is 13.2 Å². The summed E-state index contributed by atoms with van der Waals surface area (Å²) < 4.78 is 47.0. The monoisotopic (exact) mass is 693 g/mol. The second kappa shape index (κ2) is 11.1. The number of carbonyl (C=O) groups excluding carboxylic acids is 2. The van der Waals surface area contributed by atoms with Crippen LogP contribution in [-0.4, -0.2) is 27.0 Å². The zero-order valence-corrected chi connectivity index (χ0v) is 26.7. The number of imide groups is 1. The third-order valence-corrected chi connectivity index (χ3v) is 12.8. The lowest BCUT2D eigenvalue weighted by Crippen LogP contribution is -2.42. The maximum absolute atomic E-state index is 14.1. The Kier molecular flexibility index (Phi) is 7.11. The topological polar surface area (TPSA) is 123 Å². The number of anilines is 1. The summed E-state index contributed by atoms with van der Waals surface area (Å²) >= 11 is 2.45. The summed E-state index contributed by atoms with van der Waals surface area (Å²) in [6, 6.07) is 16.4. The molecule has 9 nitrogen and oxygen atoms in total. The van der Waals surface area contributed by atoms with Crippen molar-refractivity contribution in [1.29, 1.82) is 0 Å². The lowest BCUT2D eigenvalue weighted by molar-refractivity contribution is -0.385. The van der Waals surface area contributed by atoms with E-state index in [1.165, 1.54) is 36.0 Å². The number of nitrogens with zero attached hydrogens (tertiary/aromatic N) is 2. The van der Waals surface area contributed by atoms with Gasteiger partial charge in [-0.3, -0.25) is 29.4 Å². The average molecular weight is 694 g/mol. The number of hydrogen-bond donors (Lipinski definition) is 1. The molecule has 2 aliphatic carbocycles. The molecule has 3 heterocycles. The molecule has 2 aliphatic heterocycles. The van der Waals surface area contributed by atoms with Crippen LogP contribution in [-0.2, 0) is 22.4 Å². The van der Waals surface area contributed by atoms with Gasteiger partial charge in [0.05, 0.1) is 33.0 Å². The van der Waals surface area contributed by atoms with Gasteiger partial charge in [0.1, 0.15) is 12.4 Å². The number of alkyl halides is 3. The average Bonchev–Trinajstić information content (AvgIpc) is 3.79. The van der Waals surface area contributed by atoms with Crippen LogP contribution in [0.2, 0.25) is 0 Å². The number of aromatic amines is 1. The number of thiazole rings is 1. The number of thioether (sulfide) groups is 1. The molecule has 2 saturated carbocycles. The van der Waals surface area contributed by atoms with Crippen LogP contribution in [0.5, 0.6) is 5.75 Å². The number of rotatable bonds is 6. The molecule has 7 atom stereocenters. The Morgan fingerprint density at radius 1 is 1.00 bits per heavy atom. The number of aromatic nitrogens is 1. The number of aryl methyl sites for hydroxylation is 1. The number of amides is 2. The first kappa shape index (κ1) is 30.9. The van der Waals surface area contributed by atoms with Crippen LogP contribution < -0.4 is 14.5 Å². The summed E-state index contributed by atoms with van der Waals surface area (Å²) in [7, 11) is 0. The SMILES string of the molecule is Cc1ccc(COc2ccc([N+](=O)[O-])cc2[C@@H]2c3sc(=O)[nH]c3S[C@@H]3[C@@H]4C[C@@H]([C@@H]5C(=O)N(c6cccc(C(F)(F)F)c6)C(=O)[C@@H]45)[C@@H]23)cc1. The first-order valence-electron chi connectivity index (χ1n) is 15.3. The fourth-order valence-corrected chi connectivity index (χ4v) is 11.2. The quantitative estimate of drug-likeness (QED) is 0.132. The van der Waals surface area contributed by atoms with Crippen molar-refractivity contribution in [2.45, 2.75) is 42.3 Å². The standard InChI is InChI=1S/C34H26F3N3O6S2/c1-15-5-7-16(8-6-15)14-46-23-10-9-19(40(44)45)12-20(23)24-25-21-13-22(28(25)47-30-29(24)48-33(43)38-30)27-26(21)31(41)39(32(27)42)18-4-2-3-17(11-18)34(35,36)37/h2-12,21-22,24-28H,13-14H2,1H3,(H,38,43)/t21-,22-,24+,25+,26+,27+,28-/m1/s1. The number of H-pyrrole nitrogens is 1. The van der Waals surface area contributed by atoms with E-state index in [9.17, 15) is 37.7 Å². The lowest BCUT2D eigenvalue weighted by Gasteiger charge is -2.43. The minimum atomic E-state index is -4.65. The van der Waals surface area contributed by atoms with Crippen LogP contribution in [0.4, 0.5) is 24.5 Å². The fraction of sp³-hybridized carbons (Fsp3) is 0.324. The summed E-state index contributed by atoms with van der Waals surface area (Å²) in [5.74, 6) is -3.67. The highest BCUT2D eigenvalue weighted by Gasteiger charge is 2.70. The molecule has 0 unspecified atom stereocenters. The zero-order chi connectivity index (χ0) is 33.6. The summed E-state index contributed by atoms with van der Waals surface area (Å²) in [6.45, 7) is 2.16. The molecule has 0 spiro atoms. The highest BCUT2D eigenvalue weighted by atomic mass is 32.2. The number of benzene rings is 3. The summed E-state index contributed by atoms with van der Waals surface area (Å²) in [6.07, 6.45) is -4.11. The molecule has 14 heteroatoms. The summed E-state index contributed by atoms with van der Waals surface area (Å²) in [5, 5.41) is 12.4. The van der Waals surface area contributed by atoms with Gasteiger partial charge >= 0.3 is 11.0 Å². The van der Waals surface area contributed by atoms with E-state index in [2.05, 4.69) is 4.98 Å². The van der Waals surface area contributed by atoms with Crippen molar-refractivity contribution in [3.63, 3.8) is 0 Å². The van der Waals surface area contributed by atoms with Gasteiger partial charge in [0.15, 0.2) is 0 Å². The molecule has 48 heavy (non-hydrogen) atoms. The highest BCUT2D eigenvalue weighted by Crippen LogP contribution is 2.69. The third-order valence-electron chi connectivity index (χ3n) is 10.2. The molecule has 246 valence electrons. The van der Waals surface area contributed by atoms with Crippen LogP contribution in [0.25, 0.3) is 0 Å². The Morgan fingerprint density at radius 3 is 2.44 bits per heavy atom. The van der Waals surface area contributed by atoms with E-state index in [1.54, 1.807) is 6.07 Å². The smallest absolute Gasteiger partial charge is 0.416 e. The molecule has 2 amide bonds. The molecule has 3 fully saturated rings. The number of carbonyl (C=O) groups is 2. The van der Waals surface area contributed by atoms with Crippen LogP contribution in [0.3, 0.4) is 0 Å². The van der Waals surface area contributed by atoms with Gasteiger partial charge in [-0.05, 0) is 60.9 Å². The summed E-state index contributed by atoms with van der Waals surface area (Å²) in [4.78, 5) is 56.4. The van der Waals surface area contributed by atoms with Gasteiger partial charge in [-0.1, -0.05) is 47.2 Å². The minimum absolute atomic E-state index is 0.116. The van der Waals surface area contributed by atoms with Crippen molar-refractivity contribution < 1.29 is 32.4 Å². The van der Waals surface area contributed by atoms with Crippen LogP contribution in [0, 0.1) is 46.6 Å². The first-order valence-corrected chi connectivity index (χ1v) is 17.0. The van der Waals surface area contributed by atoms with Crippen molar-refractivity contribution in [1.82, 2.24) is 4.98 Å². The molecule has 1 N–H and O–H groups in total. The normalized spacial score (nSPS) is 27.2. The van der Waals surface area contributed by atoms with E-state index in [0.29, 0.717) is 27.6 Å². The van der Waals surface area contributed by atoms with Gasteiger partial charge in [-0.15, -0.1) is 11.8 Å². The summed E-state index contributed by atoms with van der Waals surface area (Å²) in [5.41, 5.74) is 1.25. The van der Waals surface area contributed by atoms with Gasteiger partial charge in [0.25, 0.3) is 5.69 Å². The van der Waals surface area contributed by atoms with E-state index in [-0.39, 0.29) is 45.9 Å². The van der Waals surface area contributed by atoms with Crippen LogP contribution in [0.15, 0.2) is 76.6 Å². The Labute approximate surface area is 279 Å². The third kappa shape index (κ3) is 4.79. The Morgan fingerprint density at radius 2 is 1.73 bits per heavy atom. The van der Waals surface area contributed by atoms with Crippen LogP contribution in [0.1, 0.15) is 39.5 Å². The minimum Gasteiger partial charge on any atom is -0.489 e. The van der Waals surface area contributed by atoms with E-state index in [4.69, 9.17) is 4.74 Å². The molecule has 4 aromatic rings. The number of ether oxygens (including phenoxy) is 1. The van der Waals surface area contributed by atoms with Crippen molar-refractivity contribution in [2.75, 3.05) is 4.90 Å². The largest absolute Gasteiger partial charge is 0.489 e. The molecule has 4 aliphatic rings. The molecule has 1 aromatic heterocycles. The van der Waals surface area contributed by atoms with Crippen molar-refractivity contribution in [3.05, 3.63) is 114 Å². The first-order chi connectivity index (χ1) is 22.9. The molecular formula is C34H26F3N3O6S2. The van der Waals surface area contributed by atoms with Gasteiger partial charge in [0, 0.05) is 33.7 Å². The Hall–Kier alpha value is -4.43. The zero-order valence-electron chi connectivity index (χ0n) is 25.1. The molecule has 2 bridgehead atoms. The lowest BCUT2D eigenvalue weighted by atomic mass is 9.68. The van der Waals surface area contributed by atoms with Gasteiger partial charge < -0.3 is 9.72 Å². The highest BCUT2D eigenvalue weighted by molar-refractivity contribution is 8.00. The van der Waals surface area contributed by atoms with Crippen molar-refractivity contribution in [2.24, 2.45) is 29.6 Å². The van der Waals surface area contributed by atoms with Gasteiger partial charge in [-0.25, -0.2) is 0 Å². The number of nitro benzene ring substituents is 1. The number of non-ortho nitro benzene ring substituents is 1. The van der Waals surface area contributed by atoms with Crippen molar-refractivity contribution >= 4 is 46.3 Å². The fourth-order valence-electron chi connectivity index (χ4n) is 8.31. The Balaban J connectivity index is 1.21. The number of hydrogen-bond acceptors (Lipinski definition) is 8. The molecule has 0 radical (unpaired) electrons. The molecular weight excluding hydrogens is 668 g/mol.